The summed E-state index contributed by atoms with van der Waals surface area (Å²) in [6.07, 6.45) is 0.599. The van der Waals surface area contributed by atoms with Gasteiger partial charge in [-0.25, -0.2) is 0 Å². The molecule has 1 aromatic carbocycles. The lowest BCUT2D eigenvalue weighted by Crippen LogP contribution is -2.27. The van der Waals surface area contributed by atoms with Crippen molar-refractivity contribution in [2.24, 2.45) is 0 Å². The van der Waals surface area contributed by atoms with Crippen LogP contribution in [0.25, 0.3) is 0 Å². The van der Waals surface area contributed by atoms with Crippen LogP contribution in [0, 0.1) is 0 Å². The van der Waals surface area contributed by atoms with Crippen LogP contribution in [-0.4, -0.2) is 19.3 Å². The van der Waals surface area contributed by atoms with Crippen molar-refractivity contribution in [2.45, 2.75) is 31.4 Å². The summed E-state index contributed by atoms with van der Waals surface area (Å²) >= 11 is -2.15. The van der Waals surface area contributed by atoms with E-state index in [4.69, 9.17) is 0 Å². The molecule has 0 radical (unpaired) electrons. The van der Waals surface area contributed by atoms with Crippen LogP contribution >= 0.6 is 0 Å². The van der Waals surface area contributed by atoms with Crippen LogP contribution in [0.2, 0.25) is 0 Å². The van der Waals surface area contributed by atoms with Gasteiger partial charge in [0, 0.05) is 16.7 Å². The second kappa shape index (κ2) is 5.37. The molecule has 1 unspecified atom stereocenters. The number of Topliss-reactive ketones (excluding diaryl/α,β-unsaturated/α-hetero) is 1. The van der Waals surface area contributed by atoms with Crippen LogP contribution in [0.15, 0.2) is 30.3 Å². The molecule has 1 aromatic rings. The maximum absolute atomic E-state index is 11.7. The summed E-state index contributed by atoms with van der Waals surface area (Å²) in [5, 5.41) is 0. The summed E-state index contributed by atoms with van der Waals surface area (Å²) in [7, 11) is 0. The molecule has 3 nitrogen and oxygen atoms in total. The molecule has 0 heterocycles. The largest absolute Gasteiger partial charge is 0.772 e. The molecule has 0 spiro atoms. The highest BCUT2D eigenvalue weighted by molar-refractivity contribution is 7.80. The van der Waals surface area contributed by atoms with Gasteiger partial charge in [-0.3, -0.25) is 9.00 Å². The fourth-order valence-electron chi connectivity index (χ4n) is 1.27. The summed E-state index contributed by atoms with van der Waals surface area (Å²) in [6.45, 7) is 3.24. The molecule has 16 heavy (non-hydrogen) atoms. The molecule has 0 aromatic heterocycles. The molecule has 0 bridgehead atoms. The maximum atomic E-state index is 11.7. The monoisotopic (exact) mass is 239 g/mol. The number of benzene rings is 1. The third-order valence-electron chi connectivity index (χ3n) is 2.50. The van der Waals surface area contributed by atoms with Crippen molar-refractivity contribution in [3.8, 4) is 0 Å². The van der Waals surface area contributed by atoms with Crippen LogP contribution in [-0.2, 0) is 11.1 Å². The molecule has 0 fully saturated rings. The minimum atomic E-state index is -2.15. The Balaban J connectivity index is 2.58. The lowest BCUT2D eigenvalue weighted by Gasteiger charge is -2.26. The topological polar surface area (TPSA) is 57.2 Å². The first-order valence-electron chi connectivity index (χ1n) is 5.11. The summed E-state index contributed by atoms with van der Waals surface area (Å²) in [6, 6.07) is 8.91. The second-order valence-electron chi connectivity index (χ2n) is 4.28. The van der Waals surface area contributed by atoms with E-state index in [0.717, 1.165) is 0 Å². The number of hydrogen-bond acceptors (Lipinski definition) is 3. The van der Waals surface area contributed by atoms with Gasteiger partial charge in [-0.1, -0.05) is 30.3 Å². The molecule has 0 saturated carbocycles. The molecule has 0 aliphatic heterocycles. The summed E-state index contributed by atoms with van der Waals surface area (Å²) < 4.78 is 20.9. The van der Waals surface area contributed by atoms with Crippen molar-refractivity contribution in [3.05, 3.63) is 35.9 Å². The third kappa shape index (κ3) is 3.54. The zero-order chi connectivity index (χ0) is 12.2. The molecule has 1 atom stereocenters. The molecule has 0 saturated heterocycles. The molecule has 0 aliphatic carbocycles. The molecule has 0 amide bonds. The predicted octanol–water partition coefficient (Wildman–Crippen LogP) is 2.31. The van der Waals surface area contributed by atoms with E-state index in [0.29, 0.717) is 12.0 Å². The number of ketones is 1. The Morgan fingerprint density at radius 2 is 1.88 bits per heavy atom. The van der Waals surface area contributed by atoms with Gasteiger partial charge < -0.3 is 4.55 Å². The van der Waals surface area contributed by atoms with E-state index in [-0.39, 0.29) is 12.2 Å². The molecular formula is C12H15O3S-. The van der Waals surface area contributed by atoms with Crippen molar-refractivity contribution in [1.29, 1.82) is 0 Å². The highest BCUT2D eigenvalue weighted by Crippen LogP contribution is 2.19. The van der Waals surface area contributed by atoms with Crippen molar-refractivity contribution >= 4 is 16.9 Å². The summed E-state index contributed by atoms with van der Waals surface area (Å²) in [4.78, 5) is 11.7. The van der Waals surface area contributed by atoms with Gasteiger partial charge in [0.05, 0.1) is 0 Å². The fraction of sp³-hybridized carbons (Fsp3) is 0.417. The van der Waals surface area contributed by atoms with Crippen LogP contribution < -0.4 is 0 Å². The van der Waals surface area contributed by atoms with Crippen LogP contribution in [0.3, 0.4) is 0 Å². The Hall–Kier alpha value is -1.00. The Morgan fingerprint density at radius 3 is 2.38 bits per heavy atom. The fourth-order valence-corrected chi connectivity index (χ4v) is 1.54. The Morgan fingerprint density at radius 1 is 1.31 bits per heavy atom. The van der Waals surface area contributed by atoms with Gasteiger partial charge in [0.15, 0.2) is 5.78 Å². The minimum absolute atomic E-state index is 0.0147. The average molecular weight is 239 g/mol. The summed E-state index contributed by atoms with van der Waals surface area (Å²) in [5.74, 6) is -0.0147. The minimum Gasteiger partial charge on any atom is -0.772 e. The number of carbonyl (C=O) groups excluding carboxylic acids is 1. The van der Waals surface area contributed by atoms with Crippen LogP contribution in [0.1, 0.15) is 37.0 Å². The van der Waals surface area contributed by atoms with E-state index in [1.165, 1.54) is 0 Å². The first kappa shape index (κ1) is 13.1. The van der Waals surface area contributed by atoms with Crippen LogP contribution in [0.5, 0.6) is 0 Å². The number of hydrogen-bond donors (Lipinski definition) is 0. The lowest BCUT2D eigenvalue weighted by atomic mass is 10.0. The predicted molar refractivity (Wildman–Crippen MR) is 63.0 cm³/mol. The van der Waals surface area contributed by atoms with Gasteiger partial charge in [-0.15, -0.1) is 0 Å². The Kier molecular flexibility index (Phi) is 4.38. The van der Waals surface area contributed by atoms with Crippen molar-refractivity contribution in [1.82, 2.24) is 0 Å². The van der Waals surface area contributed by atoms with E-state index in [2.05, 4.69) is 0 Å². The van der Waals surface area contributed by atoms with Crippen molar-refractivity contribution < 1.29 is 13.6 Å². The van der Waals surface area contributed by atoms with Gasteiger partial charge in [-0.2, -0.15) is 0 Å². The second-order valence-corrected chi connectivity index (χ2v) is 5.86. The van der Waals surface area contributed by atoms with Crippen molar-refractivity contribution in [2.75, 3.05) is 0 Å². The van der Waals surface area contributed by atoms with Gasteiger partial charge >= 0.3 is 0 Å². The van der Waals surface area contributed by atoms with E-state index >= 15 is 0 Å². The number of rotatable bonds is 5. The van der Waals surface area contributed by atoms with E-state index < -0.39 is 15.8 Å². The highest BCUT2D eigenvalue weighted by Gasteiger charge is 2.20. The van der Waals surface area contributed by atoms with E-state index in [9.17, 15) is 13.6 Å². The standard InChI is InChI=1S/C12H16O3S/c1-12(2,16(14)15)9-8-11(13)10-6-4-3-5-7-10/h3-7H,8-9H2,1-2H3,(H,14,15)/p-1. The lowest BCUT2D eigenvalue weighted by molar-refractivity contribution is 0.0977. The molecule has 0 N–H and O–H groups in total. The normalized spacial score (nSPS) is 13.4. The maximum Gasteiger partial charge on any atom is 0.162 e. The SMILES string of the molecule is CC(C)(CCC(=O)c1ccccc1)S(=O)[O-]. The molecule has 4 heteroatoms. The van der Waals surface area contributed by atoms with E-state index in [1.54, 1.807) is 38.1 Å². The van der Waals surface area contributed by atoms with Crippen molar-refractivity contribution in [3.63, 3.8) is 0 Å². The number of carbonyl (C=O) groups is 1. The van der Waals surface area contributed by atoms with Gasteiger partial charge in [0.25, 0.3) is 0 Å². The highest BCUT2D eigenvalue weighted by atomic mass is 32.2. The quantitative estimate of drug-likeness (QED) is 0.585. The van der Waals surface area contributed by atoms with Gasteiger partial charge in [-0.05, 0) is 31.3 Å². The molecule has 1 rings (SSSR count). The van der Waals surface area contributed by atoms with E-state index in [1.807, 2.05) is 6.07 Å². The molecule has 88 valence electrons. The Labute approximate surface area is 98.2 Å². The van der Waals surface area contributed by atoms with Gasteiger partial charge in [0.2, 0.25) is 0 Å². The zero-order valence-corrected chi connectivity index (χ0v) is 10.3. The first-order chi connectivity index (χ1) is 7.43. The summed E-state index contributed by atoms with van der Waals surface area (Å²) in [5.41, 5.74) is 0.634. The Bertz CT molecular complexity index is 385. The first-order valence-corrected chi connectivity index (χ1v) is 6.18. The zero-order valence-electron chi connectivity index (χ0n) is 9.43. The molecule has 0 aliphatic rings. The van der Waals surface area contributed by atoms with Gasteiger partial charge in [0.1, 0.15) is 0 Å². The molecular weight excluding hydrogens is 224 g/mol. The van der Waals surface area contributed by atoms with Crippen LogP contribution in [0.4, 0.5) is 0 Å². The third-order valence-corrected chi connectivity index (χ3v) is 3.61. The smallest absolute Gasteiger partial charge is 0.162 e. The average Bonchev–Trinajstić information content (AvgIpc) is 2.27.